The molecule has 2 aliphatic heterocycles. The maximum absolute atomic E-state index is 13.2. The molecule has 4 unspecified atom stereocenters. The zero-order valence-electron chi connectivity index (χ0n) is 14.9. The van der Waals surface area contributed by atoms with Crippen molar-refractivity contribution in [3.63, 3.8) is 0 Å². The zero-order chi connectivity index (χ0) is 19.0. The predicted molar refractivity (Wildman–Crippen MR) is 97.1 cm³/mol. The van der Waals surface area contributed by atoms with E-state index in [1.54, 1.807) is 0 Å². The average Bonchev–Trinajstić information content (AvgIpc) is 3.22. The van der Waals surface area contributed by atoms with Crippen LogP contribution in [0.2, 0.25) is 0 Å². The summed E-state index contributed by atoms with van der Waals surface area (Å²) in [6.07, 6.45) is 0. The first kappa shape index (κ1) is 17.4. The molecule has 6 nitrogen and oxygen atoms in total. The molecule has 0 aromatic heterocycles. The van der Waals surface area contributed by atoms with Crippen LogP contribution in [-0.4, -0.2) is 35.8 Å². The molecule has 6 heteroatoms. The molecule has 2 saturated heterocycles. The Hall–Kier alpha value is -2.99. The fourth-order valence-electron chi connectivity index (χ4n) is 4.10. The van der Waals surface area contributed by atoms with Gasteiger partial charge < -0.3 is 4.74 Å². The number of amides is 2. The fourth-order valence-corrected chi connectivity index (χ4v) is 4.10. The van der Waals surface area contributed by atoms with Gasteiger partial charge in [-0.3, -0.25) is 24.6 Å². The maximum Gasteiger partial charge on any atom is 0.323 e. The van der Waals surface area contributed by atoms with E-state index in [9.17, 15) is 14.4 Å². The lowest BCUT2D eigenvalue weighted by atomic mass is 9.86. The van der Waals surface area contributed by atoms with Crippen LogP contribution in [0.4, 0.5) is 0 Å². The molecule has 0 saturated carbocycles. The molecule has 138 valence electrons. The van der Waals surface area contributed by atoms with Crippen molar-refractivity contribution in [3.8, 4) is 0 Å². The first-order chi connectivity index (χ1) is 13.1. The number of benzene rings is 2. The van der Waals surface area contributed by atoms with Gasteiger partial charge in [-0.25, -0.2) is 0 Å². The molecule has 0 bridgehead atoms. The highest BCUT2D eigenvalue weighted by atomic mass is 16.5. The van der Waals surface area contributed by atoms with E-state index in [0.29, 0.717) is 0 Å². The van der Waals surface area contributed by atoms with E-state index in [2.05, 4.69) is 5.32 Å². The van der Waals surface area contributed by atoms with Gasteiger partial charge in [0, 0.05) is 6.04 Å². The first-order valence-electron chi connectivity index (χ1n) is 8.90. The van der Waals surface area contributed by atoms with Gasteiger partial charge in [0.1, 0.15) is 6.04 Å². The van der Waals surface area contributed by atoms with E-state index in [0.717, 1.165) is 11.1 Å². The van der Waals surface area contributed by atoms with Crippen LogP contribution in [0.3, 0.4) is 0 Å². The van der Waals surface area contributed by atoms with Crippen LogP contribution >= 0.6 is 0 Å². The van der Waals surface area contributed by atoms with E-state index in [1.165, 1.54) is 12.0 Å². The Bertz CT molecular complexity index is 868. The SMILES string of the molecule is COC(=O)C1NC(c2ccccc2)C2C(=O)N(Cc3ccccc3)C(=O)C12. The highest BCUT2D eigenvalue weighted by molar-refractivity contribution is 6.08. The van der Waals surface area contributed by atoms with Crippen LogP contribution in [0.5, 0.6) is 0 Å². The first-order valence-corrected chi connectivity index (χ1v) is 8.90. The van der Waals surface area contributed by atoms with Crippen molar-refractivity contribution in [1.82, 2.24) is 10.2 Å². The number of carbonyl (C=O) groups excluding carboxylic acids is 3. The summed E-state index contributed by atoms with van der Waals surface area (Å²) in [5, 5.41) is 3.16. The molecule has 2 fully saturated rings. The Morgan fingerprint density at radius 2 is 1.56 bits per heavy atom. The molecular formula is C21H20N2O4. The van der Waals surface area contributed by atoms with Crippen molar-refractivity contribution in [2.75, 3.05) is 7.11 Å². The number of hydrogen-bond acceptors (Lipinski definition) is 5. The zero-order valence-corrected chi connectivity index (χ0v) is 14.9. The largest absolute Gasteiger partial charge is 0.468 e. The van der Waals surface area contributed by atoms with E-state index >= 15 is 0 Å². The van der Waals surface area contributed by atoms with Gasteiger partial charge in [-0.2, -0.15) is 0 Å². The standard InChI is InChI=1S/C21H20N2O4/c1-27-21(26)18-16-15(17(22-18)14-10-6-3-7-11-14)19(24)23(20(16)25)12-13-8-4-2-5-9-13/h2-11,15-18,22H,12H2,1H3. The van der Waals surface area contributed by atoms with E-state index in [-0.39, 0.29) is 18.4 Å². The number of nitrogens with one attached hydrogen (secondary N) is 1. The Kier molecular flexibility index (Phi) is 4.49. The normalized spacial score (nSPS) is 26.9. The second-order valence-electron chi connectivity index (χ2n) is 6.86. The van der Waals surface area contributed by atoms with Gasteiger partial charge in [0.05, 0.1) is 25.5 Å². The number of imide groups is 1. The minimum absolute atomic E-state index is 0.209. The summed E-state index contributed by atoms with van der Waals surface area (Å²) in [5.74, 6) is -2.46. The van der Waals surface area contributed by atoms with Crippen molar-refractivity contribution < 1.29 is 19.1 Å². The molecule has 0 aliphatic carbocycles. The van der Waals surface area contributed by atoms with Gasteiger partial charge in [-0.1, -0.05) is 60.7 Å². The van der Waals surface area contributed by atoms with Gasteiger partial charge >= 0.3 is 5.97 Å². The number of methoxy groups -OCH3 is 1. The van der Waals surface area contributed by atoms with Crippen molar-refractivity contribution >= 4 is 17.8 Å². The molecule has 2 amide bonds. The second kappa shape index (κ2) is 6.96. The minimum Gasteiger partial charge on any atom is -0.468 e. The van der Waals surface area contributed by atoms with Gasteiger partial charge in [0.25, 0.3) is 0 Å². The van der Waals surface area contributed by atoms with Crippen LogP contribution in [0.1, 0.15) is 17.2 Å². The molecule has 0 radical (unpaired) electrons. The number of likely N-dealkylation sites (tertiary alicyclic amines) is 1. The molecule has 2 aliphatic rings. The quantitative estimate of drug-likeness (QED) is 0.660. The van der Waals surface area contributed by atoms with Crippen LogP contribution in [0.15, 0.2) is 60.7 Å². The molecule has 2 heterocycles. The highest BCUT2D eigenvalue weighted by Gasteiger charge is 2.61. The Morgan fingerprint density at radius 1 is 0.963 bits per heavy atom. The Morgan fingerprint density at radius 3 is 2.19 bits per heavy atom. The number of ether oxygens (including phenoxy) is 1. The summed E-state index contributed by atoms with van der Waals surface area (Å²) in [5.41, 5.74) is 1.75. The summed E-state index contributed by atoms with van der Waals surface area (Å²) in [6, 6.07) is 17.6. The van der Waals surface area contributed by atoms with Crippen LogP contribution < -0.4 is 5.32 Å². The fraction of sp³-hybridized carbons (Fsp3) is 0.286. The van der Waals surface area contributed by atoms with Crippen LogP contribution in [0.25, 0.3) is 0 Å². The third kappa shape index (κ3) is 2.92. The monoisotopic (exact) mass is 364 g/mol. The lowest BCUT2D eigenvalue weighted by molar-refractivity contribution is -0.148. The van der Waals surface area contributed by atoms with Crippen LogP contribution in [-0.2, 0) is 25.7 Å². The van der Waals surface area contributed by atoms with Crippen molar-refractivity contribution in [3.05, 3.63) is 71.8 Å². The molecule has 2 aromatic rings. The maximum atomic E-state index is 13.2. The second-order valence-corrected chi connectivity index (χ2v) is 6.86. The summed E-state index contributed by atoms with van der Waals surface area (Å²) in [7, 11) is 1.29. The number of esters is 1. The van der Waals surface area contributed by atoms with Crippen molar-refractivity contribution in [1.29, 1.82) is 0 Å². The van der Waals surface area contributed by atoms with E-state index in [1.807, 2.05) is 60.7 Å². The number of fused-ring (bicyclic) bond motifs is 1. The van der Waals surface area contributed by atoms with Gasteiger partial charge in [-0.05, 0) is 11.1 Å². The Balaban J connectivity index is 1.69. The molecule has 27 heavy (non-hydrogen) atoms. The summed E-state index contributed by atoms with van der Waals surface area (Å²) in [4.78, 5) is 39.8. The lowest BCUT2D eigenvalue weighted by Crippen LogP contribution is -2.43. The van der Waals surface area contributed by atoms with Gasteiger partial charge in [0.2, 0.25) is 11.8 Å². The number of hydrogen-bond donors (Lipinski definition) is 1. The minimum atomic E-state index is -0.831. The molecule has 0 spiro atoms. The molecule has 4 rings (SSSR count). The number of nitrogens with zero attached hydrogens (tertiary/aromatic N) is 1. The van der Waals surface area contributed by atoms with Gasteiger partial charge in [-0.15, -0.1) is 0 Å². The molecular weight excluding hydrogens is 344 g/mol. The molecule has 2 aromatic carbocycles. The topological polar surface area (TPSA) is 75.7 Å². The predicted octanol–water partition coefficient (Wildman–Crippen LogP) is 1.67. The summed E-state index contributed by atoms with van der Waals surface area (Å²) in [6.45, 7) is 0.209. The number of rotatable bonds is 4. The van der Waals surface area contributed by atoms with Gasteiger partial charge in [0.15, 0.2) is 0 Å². The van der Waals surface area contributed by atoms with Crippen molar-refractivity contribution in [2.45, 2.75) is 18.6 Å². The number of carbonyl (C=O) groups is 3. The smallest absolute Gasteiger partial charge is 0.323 e. The van der Waals surface area contributed by atoms with E-state index < -0.39 is 29.9 Å². The average molecular weight is 364 g/mol. The summed E-state index contributed by atoms with van der Waals surface area (Å²) < 4.78 is 4.88. The highest BCUT2D eigenvalue weighted by Crippen LogP contribution is 2.44. The van der Waals surface area contributed by atoms with Crippen molar-refractivity contribution in [2.24, 2.45) is 11.8 Å². The third-order valence-electron chi connectivity index (χ3n) is 5.36. The Labute approximate surface area is 157 Å². The molecule has 4 atom stereocenters. The molecule has 1 N–H and O–H groups in total. The summed E-state index contributed by atoms with van der Waals surface area (Å²) >= 11 is 0. The lowest BCUT2D eigenvalue weighted by Gasteiger charge is -2.22. The third-order valence-corrected chi connectivity index (χ3v) is 5.36. The van der Waals surface area contributed by atoms with Crippen LogP contribution in [0, 0.1) is 11.8 Å². The van der Waals surface area contributed by atoms with E-state index in [4.69, 9.17) is 4.74 Å².